The van der Waals surface area contributed by atoms with Crippen LogP contribution >= 0.6 is 24.0 Å². The van der Waals surface area contributed by atoms with Crippen molar-refractivity contribution in [2.75, 3.05) is 6.54 Å². The van der Waals surface area contributed by atoms with Crippen LogP contribution in [0.5, 0.6) is 0 Å². The third-order valence-corrected chi connectivity index (χ3v) is 5.34. The number of aliphatic carboxylic acids is 1. The lowest BCUT2D eigenvalue weighted by atomic mass is 10.1. The van der Waals surface area contributed by atoms with Crippen LogP contribution in [0.3, 0.4) is 0 Å². The van der Waals surface area contributed by atoms with Crippen LogP contribution < -0.4 is 5.32 Å². The number of carboxylic acid groups (broad SMARTS) is 1. The molecule has 1 heterocycles. The van der Waals surface area contributed by atoms with E-state index in [0.717, 1.165) is 11.1 Å². The summed E-state index contributed by atoms with van der Waals surface area (Å²) in [7, 11) is 0. The monoisotopic (exact) mass is 418 g/mol. The second-order valence-electron chi connectivity index (χ2n) is 6.36. The Morgan fingerprint density at radius 2 is 2.00 bits per heavy atom. The average molecular weight is 419 g/mol. The Labute approximate surface area is 173 Å². The van der Waals surface area contributed by atoms with Crippen molar-refractivity contribution in [1.29, 1.82) is 0 Å². The maximum Gasteiger partial charge on any atom is 0.325 e. The second-order valence-corrected chi connectivity index (χ2v) is 8.04. The first-order valence-corrected chi connectivity index (χ1v) is 10.0. The zero-order chi connectivity index (χ0) is 20.7. The van der Waals surface area contributed by atoms with Crippen LogP contribution in [0.15, 0.2) is 46.9 Å². The molecule has 1 aliphatic rings. The van der Waals surface area contributed by atoms with E-state index < -0.39 is 12.0 Å². The molecule has 2 N–H and O–H groups in total. The first kappa shape index (κ1) is 21.8. The molecule has 1 aromatic carbocycles. The summed E-state index contributed by atoms with van der Waals surface area (Å²) in [4.78, 5) is 37.1. The van der Waals surface area contributed by atoms with Gasteiger partial charge in [-0.15, -0.1) is 0 Å². The molecule has 148 valence electrons. The van der Waals surface area contributed by atoms with E-state index >= 15 is 0 Å². The summed E-state index contributed by atoms with van der Waals surface area (Å²) in [6.07, 6.45) is 4.32. The zero-order valence-electron chi connectivity index (χ0n) is 15.7. The van der Waals surface area contributed by atoms with Crippen molar-refractivity contribution in [3.63, 3.8) is 0 Å². The number of nitrogens with one attached hydrogen (secondary N) is 1. The molecule has 28 heavy (non-hydrogen) atoms. The normalized spacial score (nSPS) is 17.1. The van der Waals surface area contributed by atoms with E-state index in [4.69, 9.17) is 17.3 Å². The molecule has 1 aromatic rings. The summed E-state index contributed by atoms with van der Waals surface area (Å²) in [6.45, 7) is 3.64. The third-order valence-electron chi connectivity index (χ3n) is 3.96. The van der Waals surface area contributed by atoms with Crippen molar-refractivity contribution in [1.82, 2.24) is 10.2 Å². The van der Waals surface area contributed by atoms with Crippen LogP contribution in [-0.4, -0.2) is 44.7 Å². The third kappa shape index (κ3) is 6.31. The number of hydrogen-bond donors (Lipinski definition) is 2. The summed E-state index contributed by atoms with van der Waals surface area (Å²) >= 11 is 6.53. The number of thioether (sulfide) groups is 1. The highest BCUT2D eigenvalue weighted by atomic mass is 32.2. The van der Waals surface area contributed by atoms with Gasteiger partial charge in [0.25, 0.3) is 5.91 Å². The number of carbonyl (C=O) groups is 3. The Kier molecular flexibility index (Phi) is 7.95. The van der Waals surface area contributed by atoms with Gasteiger partial charge in [0.15, 0.2) is 0 Å². The number of carbonyl (C=O) groups excluding carboxylic acids is 2. The molecule has 0 bridgehead atoms. The van der Waals surface area contributed by atoms with Crippen molar-refractivity contribution >= 4 is 52.2 Å². The predicted octanol–water partition coefficient (Wildman–Crippen LogP) is 3.20. The first-order chi connectivity index (χ1) is 13.3. The number of amides is 2. The van der Waals surface area contributed by atoms with Crippen molar-refractivity contribution in [2.45, 2.75) is 32.7 Å². The van der Waals surface area contributed by atoms with Gasteiger partial charge in [-0.1, -0.05) is 60.4 Å². The fraction of sp³-hybridized carbons (Fsp3) is 0.300. The van der Waals surface area contributed by atoms with E-state index in [1.54, 1.807) is 0 Å². The molecule has 6 nitrogen and oxygen atoms in total. The molecule has 0 radical (unpaired) electrons. The molecule has 1 aliphatic heterocycles. The number of nitrogens with zero attached hydrogens (tertiary/aromatic N) is 1. The summed E-state index contributed by atoms with van der Waals surface area (Å²) in [5, 5.41) is 11.2. The molecular weight excluding hydrogens is 396 g/mol. The first-order valence-electron chi connectivity index (χ1n) is 8.79. The van der Waals surface area contributed by atoms with Crippen molar-refractivity contribution in [3.05, 3.63) is 52.4 Å². The molecule has 0 aliphatic carbocycles. The second kappa shape index (κ2) is 10.2. The largest absolute Gasteiger partial charge is 0.480 e. The smallest absolute Gasteiger partial charge is 0.325 e. The number of rotatable bonds is 8. The van der Waals surface area contributed by atoms with Crippen molar-refractivity contribution in [2.24, 2.45) is 0 Å². The van der Waals surface area contributed by atoms with Crippen LogP contribution in [-0.2, 0) is 14.4 Å². The highest BCUT2D eigenvalue weighted by Crippen LogP contribution is 2.32. The van der Waals surface area contributed by atoms with Gasteiger partial charge in [0.1, 0.15) is 10.4 Å². The SMILES string of the molecule is CC(/C=C1\SC(=S)N(CCCC(=O)NC(C)C(=O)O)C1=O)=C\c1ccccc1. The van der Waals surface area contributed by atoms with Gasteiger partial charge in [0.05, 0.1) is 4.91 Å². The maximum atomic E-state index is 12.6. The molecule has 1 fully saturated rings. The predicted molar refractivity (Wildman–Crippen MR) is 115 cm³/mol. The van der Waals surface area contributed by atoms with Gasteiger partial charge in [-0.2, -0.15) is 0 Å². The van der Waals surface area contributed by atoms with E-state index in [1.165, 1.54) is 23.6 Å². The van der Waals surface area contributed by atoms with Crippen LogP contribution in [0.4, 0.5) is 0 Å². The van der Waals surface area contributed by atoms with E-state index in [2.05, 4.69) is 5.32 Å². The molecule has 8 heteroatoms. The maximum absolute atomic E-state index is 12.6. The fourth-order valence-corrected chi connectivity index (χ4v) is 3.88. The summed E-state index contributed by atoms with van der Waals surface area (Å²) < 4.78 is 0.461. The fourth-order valence-electron chi connectivity index (χ4n) is 2.53. The highest BCUT2D eigenvalue weighted by Gasteiger charge is 2.31. The van der Waals surface area contributed by atoms with Gasteiger partial charge >= 0.3 is 5.97 Å². The van der Waals surface area contributed by atoms with Gasteiger partial charge in [-0.25, -0.2) is 0 Å². The molecular formula is C20H22N2O4S2. The van der Waals surface area contributed by atoms with Gasteiger partial charge in [-0.3, -0.25) is 19.3 Å². The standard InChI is InChI=1S/C20H22N2O4S2/c1-13(11-15-7-4-3-5-8-15)12-16-18(24)22(20(27)28-16)10-6-9-17(23)21-14(2)19(25)26/h3-5,7-8,11-12,14H,6,9-10H2,1-2H3,(H,21,23)(H,25,26)/b13-11+,16-12-. The molecule has 1 atom stereocenters. The Morgan fingerprint density at radius 1 is 1.32 bits per heavy atom. The van der Waals surface area contributed by atoms with Gasteiger partial charge in [0.2, 0.25) is 5.91 Å². The highest BCUT2D eigenvalue weighted by molar-refractivity contribution is 8.26. The lowest BCUT2D eigenvalue weighted by Crippen LogP contribution is -2.38. The molecule has 0 saturated carbocycles. The zero-order valence-corrected chi connectivity index (χ0v) is 17.3. The van der Waals surface area contributed by atoms with Crippen molar-refractivity contribution in [3.8, 4) is 0 Å². The van der Waals surface area contributed by atoms with E-state index in [-0.39, 0.29) is 18.2 Å². The minimum absolute atomic E-state index is 0.126. The van der Waals surface area contributed by atoms with Gasteiger partial charge in [-0.05, 0) is 37.5 Å². The molecule has 1 saturated heterocycles. The molecule has 2 rings (SSSR count). The molecule has 1 unspecified atom stereocenters. The minimum Gasteiger partial charge on any atom is -0.480 e. The van der Waals surface area contributed by atoms with Crippen LogP contribution in [0.1, 0.15) is 32.3 Å². The lowest BCUT2D eigenvalue weighted by Gasteiger charge is -2.14. The van der Waals surface area contributed by atoms with E-state index in [1.807, 2.05) is 49.4 Å². The number of thiocarbonyl (C=S) groups is 1. The Bertz CT molecular complexity index is 834. The van der Waals surface area contributed by atoms with Crippen LogP contribution in [0, 0.1) is 0 Å². The summed E-state index contributed by atoms with van der Waals surface area (Å²) in [5.74, 6) is -1.62. The van der Waals surface area contributed by atoms with Gasteiger partial charge < -0.3 is 10.4 Å². The van der Waals surface area contributed by atoms with E-state index in [0.29, 0.717) is 22.2 Å². The topological polar surface area (TPSA) is 86.7 Å². The average Bonchev–Trinajstić information content (AvgIpc) is 2.89. The Balaban J connectivity index is 1.91. The van der Waals surface area contributed by atoms with Crippen LogP contribution in [0.2, 0.25) is 0 Å². The number of allylic oxidation sites excluding steroid dienone is 2. The number of carboxylic acids is 1. The molecule has 0 aromatic heterocycles. The molecule has 0 spiro atoms. The van der Waals surface area contributed by atoms with Gasteiger partial charge in [0, 0.05) is 13.0 Å². The molecule has 2 amide bonds. The number of benzene rings is 1. The van der Waals surface area contributed by atoms with Crippen LogP contribution in [0.25, 0.3) is 6.08 Å². The quantitative estimate of drug-likeness (QED) is 0.498. The van der Waals surface area contributed by atoms with Crippen molar-refractivity contribution < 1.29 is 19.5 Å². The summed E-state index contributed by atoms with van der Waals surface area (Å²) in [5.41, 5.74) is 1.99. The lowest BCUT2D eigenvalue weighted by molar-refractivity contribution is -0.141. The van der Waals surface area contributed by atoms with E-state index in [9.17, 15) is 14.4 Å². The Morgan fingerprint density at radius 3 is 2.64 bits per heavy atom. The summed E-state index contributed by atoms with van der Waals surface area (Å²) in [6, 6.07) is 8.88. The number of hydrogen-bond acceptors (Lipinski definition) is 5. The Hall–Kier alpha value is -2.45. The minimum atomic E-state index is -1.09.